The number of nitrogens with two attached hydrogens (primary N) is 1. The Morgan fingerprint density at radius 3 is 2.57 bits per heavy atom. The Hall–Kier alpha value is -2.58. The number of carbonyl (C=O) groups is 2. The lowest BCUT2D eigenvalue weighted by Crippen LogP contribution is -2.40. The van der Waals surface area contributed by atoms with Gasteiger partial charge in [0, 0.05) is 46.4 Å². The molecular weight excluding hydrogens is 400 g/mol. The largest absolute Gasteiger partial charge is 0.483 e. The number of Topliss-reactive ketones (excluding diaryl/α,β-unsaturated/α-hetero) is 1. The molecule has 2 aliphatic rings. The monoisotopic (exact) mass is 428 g/mol. The fourth-order valence-electron chi connectivity index (χ4n) is 4.60. The van der Waals surface area contributed by atoms with Crippen LogP contribution >= 0.6 is 11.3 Å². The maximum absolute atomic E-state index is 12.8. The van der Waals surface area contributed by atoms with Crippen molar-refractivity contribution in [2.75, 3.05) is 12.8 Å². The van der Waals surface area contributed by atoms with Crippen LogP contribution in [0.5, 0.6) is 0 Å². The summed E-state index contributed by atoms with van der Waals surface area (Å²) in [4.78, 5) is 28.2. The average Bonchev–Trinajstić information content (AvgIpc) is 3.21. The first kappa shape index (κ1) is 22.1. The highest BCUT2D eigenvalue weighted by Crippen LogP contribution is 2.39. The summed E-state index contributed by atoms with van der Waals surface area (Å²) in [6.07, 6.45) is 5.08. The van der Waals surface area contributed by atoms with Gasteiger partial charge in [-0.3, -0.25) is 15.0 Å². The van der Waals surface area contributed by atoms with Crippen LogP contribution < -0.4 is 5.73 Å². The third kappa shape index (κ3) is 4.76. The van der Waals surface area contributed by atoms with Gasteiger partial charge in [-0.05, 0) is 63.8 Å². The fourth-order valence-corrected chi connectivity index (χ4v) is 5.39. The summed E-state index contributed by atoms with van der Waals surface area (Å²) < 4.78 is 0. The molecule has 0 saturated carbocycles. The molecule has 0 aliphatic carbocycles. The van der Waals surface area contributed by atoms with Crippen molar-refractivity contribution in [3.8, 4) is 10.6 Å². The standard InChI is InChI=1S/C21H26N4OS.CH2O2/c1-12-11-27-21(24-12)14-3-6-18(22)17(10-14)20(23)19(26)9-13-7-15-4-5-16(8-13)25(15)2;2-1-3/h3,6,10-11,13,15-16,23H,4-5,7-9,22H2,1-2H3;1H,(H,2,3). The number of fused-ring (bicyclic) bond motifs is 2. The molecule has 0 radical (unpaired) electrons. The first-order valence-electron chi connectivity index (χ1n) is 10.1. The molecule has 2 fully saturated rings. The summed E-state index contributed by atoms with van der Waals surface area (Å²) in [7, 11) is 2.20. The minimum atomic E-state index is -0.250. The van der Waals surface area contributed by atoms with E-state index in [2.05, 4.69) is 16.9 Å². The van der Waals surface area contributed by atoms with Gasteiger partial charge in [0.2, 0.25) is 0 Å². The molecule has 1 aromatic carbocycles. The number of ketones is 1. The molecule has 2 bridgehead atoms. The van der Waals surface area contributed by atoms with E-state index in [-0.39, 0.29) is 18.0 Å². The van der Waals surface area contributed by atoms with Crippen molar-refractivity contribution in [1.82, 2.24) is 9.88 Å². The van der Waals surface area contributed by atoms with Crippen LogP contribution in [-0.2, 0) is 9.59 Å². The molecule has 30 heavy (non-hydrogen) atoms. The molecule has 160 valence electrons. The summed E-state index contributed by atoms with van der Waals surface area (Å²) in [5.74, 6) is 0.292. The zero-order valence-electron chi connectivity index (χ0n) is 17.3. The maximum Gasteiger partial charge on any atom is 0.290 e. The van der Waals surface area contributed by atoms with Gasteiger partial charge in [0.15, 0.2) is 5.78 Å². The molecule has 7 nitrogen and oxygen atoms in total. The number of hydrogen-bond acceptors (Lipinski definition) is 7. The highest BCUT2D eigenvalue weighted by atomic mass is 32.1. The van der Waals surface area contributed by atoms with E-state index in [9.17, 15) is 4.79 Å². The van der Waals surface area contributed by atoms with Crippen molar-refractivity contribution in [2.24, 2.45) is 5.92 Å². The van der Waals surface area contributed by atoms with E-state index >= 15 is 0 Å². The molecule has 1 aromatic heterocycles. The lowest BCUT2D eigenvalue weighted by atomic mass is 9.85. The Morgan fingerprint density at radius 1 is 1.37 bits per heavy atom. The number of nitrogens with one attached hydrogen (secondary N) is 1. The molecule has 4 rings (SSSR count). The molecular formula is C22H28N4O3S. The van der Waals surface area contributed by atoms with Crippen LogP contribution in [0.4, 0.5) is 5.69 Å². The number of hydrogen-bond donors (Lipinski definition) is 3. The Bertz CT molecular complexity index is 928. The number of anilines is 1. The molecule has 0 amide bonds. The Kier molecular flexibility index (Phi) is 6.99. The predicted molar refractivity (Wildman–Crippen MR) is 119 cm³/mol. The number of nitrogens with zero attached hydrogens (tertiary/aromatic N) is 2. The van der Waals surface area contributed by atoms with E-state index < -0.39 is 0 Å². The third-order valence-corrected chi connectivity index (χ3v) is 7.15. The molecule has 2 aromatic rings. The second-order valence-corrected chi connectivity index (χ2v) is 8.95. The molecule has 0 spiro atoms. The van der Waals surface area contributed by atoms with E-state index in [1.54, 1.807) is 17.4 Å². The number of aromatic nitrogens is 1. The van der Waals surface area contributed by atoms with Gasteiger partial charge in [0.05, 0.1) is 0 Å². The zero-order chi connectivity index (χ0) is 21.8. The van der Waals surface area contributed by atoms with Crippen LogP contribution in [0.15, 0.2) is 23.6 Å². The second kappa shape index (κ2) is 9.49. The summed E-state index contributed by atoms with van der Waals surface area (Å²) >= 11 is 1.56. The highest BCUT2D eigenvalue weighted by Gasteiger charge is 2.39. The molecule has 8 heteroatoms. The van der Waals surface area contributed by atoms with Crippen LogP contribution in [0.25, 0.3) is 10.6 Å². The third-order valence-electron chi connectivity index (χ3n) is 6.14. The molecule has 2 unspecified atom stereocenters. The average molecular weight is 429 g/mol. The van der Waals surface area contributed by atoms with Crippen LogP contribution in [0.3, 0.4) is 0 Å². The summed E-state index contributed by atoms with van der Waals surface area (Å²) in [6, 6.07) is 6.74. The van der Waals surface area contributed by atoms with E-state index in [1.807, 2.05) is 24.4 Å². The number of rotatable bonds is 5. The van der Waals surface area contributed by atoms with Crippen molar-refractivity contribution in [3.63, 3.8) is 0 Å². The normalized spacial score (nSPS) is 22.8. The van der Waals surface area contributed by atoms with Crippen molar-refractivity contribution >= 4 is 35.0 Å². The van der Waals surface area contributed by atoms with Gasteiger partial charge >= 0.3 is 0 Å². The van der Waals surface area contributed by atoms with E-state index in [4.69, 9.17) is 21.0 Å². The second-order valence-electron chi connectivity index (χ2n) is 8.09. The lowest BCUT2D eigenvalue weighted by Gasteiger charge is -2.36. The first-order chi connectivity index (χ1) is 14.3. The summed E-state index contributed by atoms with van der Waals surface area (Å²) in [6.45, 7) is 1.71. The SMILES string of the molecule is Cc1csc(-c2ccc(N)c(C(=N)C(=O)CC3CC4CCC(C3)N4C)c2)n1.O=CO. The fraction of sp³-hybridized carbons (Fsp3) is 0.455. The van der Waals surface area contributed by atoms with Crippen molar-refractivity contribution < 1.29 is 14.7 Å². The Labute approximate surface area is 180 Å². The number of piperidine rings is 1. The Morgan fingerprint density at radius 2 is 2.00 bits per heavy atom. The zero-order valence-corrected chi connectivity index (χ0v) is 18.1. The van der Waals surface area contributed by atoms with Crippen LogP contribution in [0.2, 0.25) is 0 Å². The smallest absolute Gasteiger partial charge is 0.290 e. The number of carboxylic acid groups (broad SMARTS) is 1. The summed E-state index contributed by atoms with van der Waals surface area (Å²) in [5.41, 5.74) is 9.02. The van der Waals surface area contributed by atoms with Gasteiger partial charge in [-0.2, -0.15) is 0 Å². The minimum Gasteiger partial charge on any atom is -0.483 e. The molecule has 2 saturated heterocycles. The topological polar surface area (TPSA) is 120 Å². The number of carbonyl (C=O) groups excluding carboxylic acids is 1. The molecule has 3 heterocycles. The predicted octanol–water partition coefficient (Wildman–Crippen LogP) is 3.60. The van der Waals surface area contributed by atoms with Crippen LogP contribution in [0.1, 0.15) is 43.4 Å². The Balaban J connectivity index is 0.000000806. The number of benzene rings is 1. The molecule has 2 atom stereocenters. The van der Waals surface area contributed by atoms with Gasteiger partial charge in [-0.1, -0.05) is 0 Å². The van der Waals surface area contributed by atoms with Crippen molar-refractivity contribution in [3.05, 3.63) is 34.8 Å². The van der Waals surface area contributed by atoms with Crippen molar-refractivity contribution in [1.29, 1.82) is 5.41 Å². The van der Waals surface area contributed by atoms with Crippen LogP contribution in [0, 0.1) is 18.3 Å². The lowest BCUT2D eigenvalue weighted by molar-refractivity contribution is -0.123. The van der Waals surface area contributed by atoms with Gasteiger partial charge in [0.1, 0.15) is 10.7 Å². The quantitative estimate of drug-likeness (QED) is 0.380. The van der Waals surface area contributed by atoms with Gasteiger partial charge in [-0.15, -0.1) is 11.3 Å². The van der Waals surface area contributed by atoms with E-state index in [0.717, 1.165) is 29.1 Å². The maximum atomic E-state index is 12.8. The first-order valence-corrected chi connectivity index (χ1v) is 11.0. The van der Waals surface area contributed by atoms with Gasteiger partial charge in [0.25, 0.3) is 6.47 Å². The molecule has 4 N–H and O–H groups in total. The minimum absolute atomic E-state index is 0.0360. The molecule has 2 aliphatic heterocycles. The van der Waals surface area contributed by atoms with E-state index in [0.29, 0.717) is 35.7 Å². The van der Waals surface area contributed by atoms with Gasteiger partial charge < -0.3 is 15.7 Å². The summed E-state index contributed by atoms with van der Waals surface area (Å²) in [5, 5.41) is 18.2. The number of aryl methyl sites for hydroxylation is 1. The number of nitrogen functional groups attached to an aromatic ring is 1. The van der Waals surface area contributed by atoms with Crippen LogP contribution in [-0.4, -0.2) is 52.1 Å². The van der Waals surface area contributed by atoms with Gasteiger partial charge in [-0.25, -0.2) is 4.98 Å². The highest BCUT2D eigenvalue weighted by molar-refractivity contribution is 7.13. The van der Waals surface area contributed by atoms with E-state index in [1.165, 1.54) is 12.8 Å². The number of thiazole rings is 1. The van der Waals surface area contributed by atoms with Crippen molar-refractivity contribution in [2.45, 2.75) is 51.1 Å².